The molecule has 5 nitrogen and oxygen atoms in total. The Kier molecular flexibility index (Phi) is 6.00. The topological polar surface area (TPSA) is 58.6 Å². The SMILES string of the molecule is O=C(Nc1ccc(CC(=O)N2CCOCC2)cc1)c1cc(F)ccc1Br. The van der Waals surface area contributed by atoms with Crippen molar-refractivity contribution in [3.05, 3.63) is 63.9 Å². The molecule has 1 aliphatic rings. The Balaban J connectivity index is 1.61. The number of halogens is 2. The lowest BCUT2D eigenvalue weighted by Gasteiger charge is -2.26. The van der Waals surface area contributed by atoms with Crippen LogP contribution in [0.5, 0.6) is 0 Å². The molecule has 2 aromatic carbocycles. The first-order valence-corrected chi connectivity index (χ1v) is 9.03. The summed E-state index contributed by atoms with van der Waals surface area (Å²) in [6.07, 6.45) is 0.309. The number of morpholine rings is 1. The quantitative estimate of drug-likeness (QED) is 0.825. The van der Waals surface area contributed by atoms with Crippen LogP contribution in [-0.4, -0.2) is 43.0 Å². The molecule has 1 heterocycles. The average molecular weight is 421 g/mol. The average Bonchev–Trinajstić information content (AvgIpc) is 2.66. The highest BCUT2D eigenvalue weighted by molar-refractivity contribution is 9.10. The Morgan fingerprint density at radius 2 is 1.81 bits per heavy atom. The molecule has 0 aliphatic carbocycles. The number of carbonyl (C=O) groups excluding carboxylic acids is 2. The van der Waals surface area contributed by atoms with Crippen molar-refractivity contribution in [3.63, 3.8) is 0 Å². The zero-order valence-corrected chi connectivity index (χ0v) is 15.6. The molecule has 26 heavy (non-hydrogen) atoms. The maximum atomic E-state index is 13.3. The van der Waals surface area contributed by atoms with Gasteiger partial charge in [0.15, 0.2) is 0 Å². The number of hydrogen-bond acceptors (Lipinski definition) is 3. The molecule has 0 bridgehead atoms. The number of amides is 2. The first-order chi connectivity index (χ1) is 12.5. The molecule has 0 saturated carbocycles. The Morgan fingerprint density at radius 1 is 1.12 bits per heavy atom. The van der Waals surface area contributed by atoms with Gasteiger partial charge in [-0.15, -0.1) is 0 Å². The van der Waals surface area contributed by atoms with E-state index in [-0.39, 0.29) is 11.5 Å². The number of ether oxygens (including phenoxy) is 1. The molecule has 1 fully saturated rings. The van der Waals surface area contributed by atoms with Crippen molar-refractivity contribution < 1.29 is 18.7 Å². The fraction of sp³-hybridized carbons (Fsp3) is 0.263. The summed E-state index contributed by atoms with van der Waals surface area (Å²) in [4.78, 5) is 26.3. The minimum Gasteiger partial charge on any atom is -0.378 e. The summed E-state index contributed by atoms with van der Waals surface area (Å²) in [5.74, 6) is -0.822. The third kappa shape index (κ3) is 4.68. The van der Waals surface area contributed by atoms with Gasteiger partial charge in [-0.05, 0) is 51.8 Å². The molecule has 7 heteroatoms. The molecular formula is C19H18BrFN2O3. The van der Waals surface area contributed by atoms with Crippen LogP contribution in [0.4, 0.5) is 10.1 Å². The van der Waals surface area contributed by atoms with E-state index in [2.05, 4.69) is 21.2 Å². The van der Waals surface area contributed by atoms with Gasteiger partial charge in [-0.25, -0.2) is 4.39 Å². The third-order valence-electron chi connectivity index (χ3n) is 4.10. The summed E-state index contributed by atoms with van der Waals surface area (Å²) in [6.45, 7) is 2.39. The fourth-order valence-corrected chi connectivity index (χ4v) is 3.10. The van der Waals surface area contributed by atoms with Crippen LogP contribution in [0.25, 0.3) is 0 Å². The number of carbonyl (C=O) groups is 2. The molecule has 0 atom stereocenters. The van der Waals surface area contributed by atoms with Crippen molar-refractivity contribution in [1.82, 2.24) is 4.90 Å². The normalized spacial score (nSPS) is 14.2. The van der Waals surface area contributed by atoms with Gasteiger partial charge < -0.3 is 15.0 Å². The van der Waals surface area contributed by atoms with Crippen LogP contribution in [0.1, 0.15) is 15.9 Å². The van der Waals surface area contributed by atoms with Crippen LogP contribution in [0.3, 0.4) is 0 Å². The lowest BCUT2D eigenvalue weighted by Crippen LogP contribution is -2.41. The highest BCUT2D eigenvalue weighted by Gasteiger charge is 2.17. The molecule has 1 N–H and O–H groups in total. The lowest BCUT2D eigenvalue weighted by molar-refractivity contribution is -0.134. The van der Waals surface area contributed by atoms with Crippen LogP contribution in [0.15, 0.2) is 46.9 Å². The zero-order chi connectivity index (χ0) is 18.5. The summed E-state index contributed by atoms with van der Waals surface area (Å²) >= 11 is 3.24. The van der Waals surface area contributed by atoms with Gasteiger partial charge in [-0.1, -0.05) is 12.1 Å². The number of anilines is 1. The molecule has 0 spiro atoms. The molecule has 3 rings (SSSR count). The van der Waals surface area contributed by atoms with E-state index in [0.717, 1.165) is 5.56 Å². The molecular weight excluding hydrogens is 403 g/mol. The zero-order valence-electron chi connectivity index (χ0n) is 14.0. The number of hydrogen-bond donors (Lipinski definition) is 1. The van der Waals surface area contributed by atoms with Crippen molar-refractivity contribution in [2.75, 3.05) is 31.6 Å². The monoisotopic (exact) mass is 420 g/mol. The summed E-state index contributed by atoms with van der Waals surface area (Å²) in [5.41, 5.74) is 1.66. The predicted molar refractivity (Wildman–Crippen MR) is 99.6 cm³/mol. The summed E-state index contributed by atoms with van der Waals surface area (Å²) < 4.78 is 19.1. The Bertz CT molecular complexity index is 805. The van der Waals surface area contributed by atoms with E-state index in [1.165, 1.54) is 18.2 Å². The second-order valence-electron chi connectivity index (χ2n) is 5.95. The highest BCUT2D eigenvalue weighted by Crippen LogP contribution is 2.20. The Morgan fingerprint density at radius 3 is 2.50 bits per heavy atom. The maximum absolute atomic E-state index is 13.3. The minimum absolute atomic E-state index is 0.0637. The number of nitrogens with zero attached hydrogens (tertiary/aromatic N) is 1. The van der Waals surface area contributed by atoms with Gasteiger partial charge >= 0.3 is 0 Å². The Labute approximate surface area is 159 Å². The second kappa shape index (κ2) is 8.42. The van der Waals surface area contributed by atoms with E-state index in [1.54, 1.807) is 29.2 Å². The molecule has 1 saturated heterocycles. The molecule has 136 valence electrons. The maximum Gasteiger partial charge on any atom is 0.256 e. The first kappa shape index (κ1) is 18.5. The van der Waals surface area contributed by atoms with Gasteiger partial charge in [0, 0.05) is 23.2 Å². The van der Waals surface area contributed by atoms with Gasteiger partial charge in [0.1, 0.15) is 5.82 Å². The lowest BCUT2D eigenvalue weighted by atomic mass is 10.1. The van der Waals surface area contributed by atoms with Gasteiger partial charge in [0.25, 0.3) is 5.91 Å². The standard InChI is InChI=1S/C19H18BrFN2O3/c20-17-6-3-14(21)12-16(17)19(25)22-15-4-1-13(2-5-15)11-18(24)23-7-9-26-10-8-23/h1-6,12H,7-11H2,(H,22,25). The minimum atomic E-state index is -0.477. The van der Waals surface area contributed by atoms with Crippen molar-refractivity contribution in [2.24, 2.45) is 0 Å². The molecule has 1 aliphatic heterocycles. The van der Waals surface area contributed by atoms with Gasteiger partial charge in [0.05, 0.1) is 25.2 Å². The smallest absolute Gasteiger partial charge is 0.256 e. The van der Waals surface area contributed by atoms with Crippen molar-refractivity contribution in [2.45, 2.75) is 6.42 Å². The second-order valence-corrected chi connectivity index (χ2v) is 6.80. The number of rotatable bonds is 4. The van der Waals surface area contributed by atoms with Crippen LogP contribution in [0, 0.1) is 5.82 Å². The summed E-state index contributed by atoms with van der Waals surface area (Å²) in [5, 5.41) is 2.72. The molecule has 2 aromatic rings. The predicted octanol–water partition coefficient (Wildman–Crippen LogP) is 3.24. The van der Waals surface area contributed by atoms with Gasteiger partial charge in [0.2, 0.25) is 5.91 Å². The number of nitrogens with one attached hydrogen (secondary N) is 1. The van der Waals surface area contributed by atoms with E-state index < -0.39 is 11.7 Å². The van der Waals surface area contributed by atoms with E-state index in [9.17, 15) is 14.0 Å². The van der Waals surface area contributed by atoms with E-state index in [1.807, 2.05) is 0 Å². The van der Waals surface area contributed by atoms with Crippen LogP contribution < -0.4 is 5.32 Å². The molecule has 0 unspecified atom stereocenters. The van der Waals surface area contributed by atoms with Crippen molar-refractivity contribution >= 4 is 33.4 Å². The fourth-order valence-electron chi connectivity index (χ4n) is 2.68. The molecule has 0 aromatic heterocycles. The number of benzene rings is 2. The van der Waals surface area contributed by atoms with Crippen molar-refractivity contribution in [3.8, 4) is 0 Å². The largest absolute Gasteiger partial charge is 0.378 e. The van der Waals surface area contributed by atoms with Gasteiger partial charge in [-0.2, -0.15) is 0 Å². The highest BCUT2D eigenvalue weighted by atomic mass is 79.9. The van der Waals surface area contributed by atoms with Crippen molar-refractivity contribution in [1.29, 1.82) is 0 Å². The summed E-state index contributed by atoms with van der Waals surface area (Å²) in [6, 6.07) is 11.0. The third-order valence-corrected chi connectivity index (χ3v) is 4.80. The van der Waals surface area contributed by atoms with Crippen LogP contribution in [-0.2, 0) is 16.0 Å². The van der Waals surface area contributed by atoms with Crippen LogP contribution >= 0.6 is 15.9 Å². The van der Waals surface area contributed by atoms with Crippen LogP contribution in [0.2, 0.25) is 0 Å². The van der Waals surface area contributed by atoms with E-state index >= 15 is 0 Å². The molecule has 0 radical (unpaired) electrons. The van der Waals surface area contributed by atoms with Gasteiger partial charge in [-0.3, -0.25) is 9.59 Å². The summed E-state index contributed by atoms with van der Waals surface area (Å²) in [7, 11) is 0. The molecule has 2 amide bonds. The van der Waals surface area contributed by atoms with E-state index in [0.29, 0.717) is 42.9 Å². The van der Waals surface area contributed by atoms with E-state index in [4.69, 9.17) is 4.74 Å². The Hall–Kier alpha value is -2.25. The first-order valence-electron chi connectivity index (χ1n) is 8.24.